The molecule has 6 nitrogen and oxygen atoms in total. The zero-order valence-electron chi connectivity index (χ0n) is 12.5. The summed E-state index contributed by atoms with van der Waals surface area (Å²) in [7, 11) is 1.71. The molecule has 0 aliphatic heterocycles. The minimum Gasteiger partial charge on any atom is -0.365 e. The van der Waals surface area contributed by atoms with Crippen molar-refractivity contribution in [3.8, 4) is 0 Å². The molecule has 6 heteroatoms. The molecule has 2 rings (SSSR count). The molecule has 0 spiro atoms. The summed E-state index contributed by atoms with van der Waals surface area (Å²) in [5, 5.41) is 18.3. The number of nitro groups is 1. The van der Waals surface area contributed by atoms with Crippen molar-refractivity contribution in [2.45, 2.75) is 26.2 Å². The first-order valence-corrected chi connectivity index (χ1v) is 6.97. The van der Waals surface area contributed by atoms with Crippen LogP contribution in [0.25, 0.3) is 0 Å². The SMILES string of the molecule is Cc1nn(C)c(NCCC(C)c2ccccc2)c1[N+](=O)[O-]. The molecule has 2 aromatic rings. The third-order valence-electron chi connectivity index (χ3n) is 3.61. The molecule has 0 aliphatic carbocycles. The molecule has 1 aromatic heterocycles. The second-order valence-corrected chi connectivity index (χ2v) is 5.19. The van der Waals surface area contributed by atoms with Crippen molar-refractivity contribution >= 4 is 11.5 Å². The van der Waals surface area contributed by atoms with Crippen molar-refractivity contribution in [3.05, 3.63) is 51.7 Å². The minimum absolute atomic E-state index is 0.0601. The summed E-state index contributed by atoms with van der Waals surface area (Å²) in [6.45, 7) is 4.46. The Bertz CT molecular complexity index is 622. The molecule has 21 heavy (non-hydrogen) atoms. The number of aromatic nitrogens is 2. The normalized spacial score (nSPS) is 12.1. The molecule has 1 aromatic carbocycles. The Labute approximate surface area is 123 Å². The van der Waals surface area contributed by atoms with Crippen LogP contribution < -0.4 is 5.32 Å². The van der Waals surface area contributed by atoms with Gasteiger partial charge < -0.3 is 5.32 Å². The van der Waals surface area contributed by atoms with Crippen molar-refractivity contribution < 1.29 is 4.92 Å². The maximum atomic E-state index is 11.1. The third-order valence-corrected chi connectivity index (χ3v) is 3.61. The fraction of sp³-hybridized carbons (Fsp3) is 0.400. The maximum absolute atomic E-state index is 11.1. The highest BCUT2D eigenvalue weighted by molar-refractivity contribution is 5.59. The topological polar surface area (TPSA) is 73.0 Å². The van der Waals surface area contributed by atoms with Crippen LogP contribution >= 0.6 is 0 Å². The van der Waals surface area contributed by atoms with Gasteiger partial charge >= 0.3 is 5.69 Å². The monoisotopic (exact) mass is 288 g/mol. The van der Waals surface area contributed by atoms with E-state index < -0.39 is 0 Å². The number of hydrogen-bond acceptors (Lipinski definition) is 4. The largest absolute Gasteiger partial charge is 0.365 e. The zero-order valence-corrected chi connectivity index (χ0v) is 12.5. The number of hydrogen-bond donors (Lipinski definition) is 1. The zero-order chi connectivity index (χ0) is 15.4. The third kappa shape index (κ3) is 3.39. The van der Waals surface area contributed by atoms with Gasteiger partial charge in [-0.05, 0) is 24.8 Å². The van der Waals surface area contributed by atoms with Gasteiger partial charge in [-0.2, -0.15) is 5.10 Å². The molecule has 0 amide bonds. The first-order valence-electron chi connectivity index (χ1n) is 6.97. The summed E-state index contributed by atoms with van der Waals surface area (Å²) < 4.78 is 1.53. The van der Waals surface area contributed by atoms with Gasteiger partial charge in [0.1, 0.15) is 5.69 Å². The van der Waals surface area contributed by atoms with E-state index in [9.17, 15) is 10.1 Å². The molecule has 1 atom stereocenters. The van der Waals surface area contributed by atoms with Gasteiger partial charge in [-0.1, -0.05) is 37.3 Å². The van der Waals surface area contributed by atoms with Crippen LogP contribution in [-0.2, 0) is 7.05 Å². The van der Waals surface area contributed by atoms with Crippen LogP contribution in [0.3, 0.4) is 0 Å². The average Bonchev–Trinajstić information content (AvgIpc) is 2.74. The summed E-state index contributed by atoms with van der Waals surface area (Å²) in [6.07, 6.45) is 0.894. The molecular formula is C15H20N4O2. The summed E-state index contributed by atoms with van der Waals surface area (Å²) in [6, 6.07) is 10.2. The second-order valence-electron chi connectivity index (χ2n) is 5.19. The maximum Gasteiger partial charge on any atom is 0.333 e. The molecule has 0 bridgehead atoms. The van der Waals surface area contributed by atoms with Crippen molar-refractivity contribution in [3.63, 3.8) is 0 Å². The Morgan fingerprint density at radius 1 is 1.38 bits per heavy atom. The predicted octanol–water partition coefficient (Wildman–Crippen LogP) is 3.24. The van der Waals surface area contributed by atoms with Crippen LogP contribution in [0.5, 0.6) is 0 Å². The minimum atomic E-state index is -0.384. The Morgan fingerprint density at radius 3 is 2.67 bits per heavy atom. The van der Waals surface area contributed by atoms with E-state index in [0.29, 0.717) is 24.0 Å². The van der Waals surface area contributed by atoms with Gasteiger partial charge in [0.15, 0.2) is 0 Å². The lowest BCUT2D eigenvalue weighted by Crippen LogP contribution is -2.10. The summed E-state index contributed by atoms with van der Waals surface area (Å²) in [5.41, 5.74) is 1.76. The first kappa shape index (κ1) is 15.0. The Morgan fingerprint density at radius 2 is 2.05 bits per heavy atom. The van der Waals surface area contributed by atoms with Gasteiger partial charge in [0.05, 0.1) is 4.92 Å². The van der Waals surface area contributed by atoms with Gasteiger partial charge in [0.2, 0.25) is 5.82 Å². The van der Waals surface area contributed by atoms with Crippen LogP contribution in [0.2, 0.25) is 0 Å². The molecule has 0 fully saturated rings. The van der Waals surface area contributed by atoms with Crippen molar-refractivity contribution in [2.24, 2.45) is 7.05 Å². The smallest absolute Gasteiger partial charge is 0.333 e. The molecule has 0 saturated heterocycles. The van der Waals surface area contributed by atoms with Crippen LogP contribution in [0, 0.1) is 17.0 Å². The molecule has 1 heterocycles. The quantitative estimate of drug-likeness (QED) is 0.654. The van der Waals surface area contributed by atoms with Crippen molar-refractivity contribution in [1.82, 2.24) is 9.78 Å². The van der Waals surface area contributed by atoms with E-state index in [0.717, 1.165) is 6.42 Å². The van der Waals surface area contributed by atoms with Gasteiger partial charge in [-0.25, -0.2) is 4.68 Å². The first-order chi connectivity index (χ1) is 10.0. The molecule has 112 valence electrons. The highest BCUT2D eigenvalue weighted by Gasteiger charge is 2.23. The van der Waals surface area contributed by atoms with Crippen molar-refractivity contribution in [2.75, 3.05) is 11.9 Å². The molecule has 0 radical (unpaired) electrons. The molecular weight excluding hydrogens is 268 g/mol. The van der Waals surface area contributed by atoms with E-state index >= 15 is 0 Å². The summed E-state index contributed by atoms with van der Waals surface area (Å²) >= 11 is 0. The van der Waals surface area contributed by atoms with Crippen LogP contribution in [0.4, 0.5) is 11.5 Å². The van der Waals surface area contributed by atoms with Gasteiger partial charge in [-0.15, -0.1) is 0 Å². The fourth-order valence-electron chi connectivity index (χ4n) is 2.42. The van der Waals surface area contributed by atoms with Crippen LogP contribution in [0.1, 0.15) is 30.5 Å². The number of nitrogens with zero attached hydrogens (tertiary/aromatic N) is 3. The van der Waals surface area contributed by atoms with Crippen molar-refractivity contribution in [1.29, 1.82) is 0 Å². The number of anilines is 1. The lowest BCUT2D eigenvalue weighted by molar-refractivity contribution is -0.384. The lowest BCUT2D eigenvalue weighted by Gasteiger charge is -2.12. The van der Waals surface area contributed by atoms with E-state index in [4.69, 9.17) is 0 Å². The molecule has 1 unspecified atom stereocenters. The molecule has 1 N–H and O–H groups in total. The summed E-state index contributed by atoms with van der Waals surface area (Å²) in [5.74, 6) is 0.866. The highest BCUT2D eigenvalue weighted by atomic mass is 16.6. The summed E-state index contributed by atoms with van der Waals surface area (Å²) in [4.78, 5) is 10.7. The van der Waals surface area contributed by atoms with Crippen LogP contribution in [-0.4, -0.2) is 21.2 Å². The average molecular weight is 288 g/mol. The van der Waals surface area contributed by atoms with Gasteiger partial charge in [0.25, 0.3) is 0 Å². The number of nitrogens with one attached hydrogen (secondary N) is 1. The molecule has 0 saturated carbocycles. The van der Waals surface area contributed by atoms with Crippen LogP contribution in [0.15, 0.2) is 30.3 Å². The Balaban J connectivity index is 2.00. The Kier molecular flexibility index (Phi) is 4.57. The number of rotatable bonds is 6. The van der Waals surface area contributed by atoms with E-state index in [-0.39, 0.29) is 10.6 Å². The standard InChI is InChI=1S/C15H20N4O2/c1-11(13-7-5-4-6-8-13)9-10-16-15-14(19(20)21)12(2)17-18(15)3/h4-8,11,16H,9-10H2,1-3H3. The fourth-order valence-corrected chi connectivity index (χ4v) is 2.42. The van der Waals surface area contributed by atoms with E-state index in [2.05, 4.69) is 29.5 Å². The number of benzene rings is 1. The van der Waals surface area contributed by atoms with Gasteiger partial charge in [-0.3, -0.25) is 10.1 Å². The van der Waals surface area contributed by atoms with E-state index in [1.807, 2.05) is 18.2 Å². The lowest BCUT2D eigenvalue weighted by atomic mass is 9.98. The number of aryl methyl sites for hydroxylation is 2. The van der Waals surface area contributed by atoms with E-state index in [1.165, 1.54) is 10.2 Å². The second kappa shape index (κ2) is 6.39. The highest BCUT2D eigenvalue weighted by Crippen LogP contribution is 2.27. The van der Waals surface area contributed by atoms with Gasteiger partial charge in [0, 0.05) is 13.6 Å². The predicted molar refractivity (Wildman–Crippen MR) is 82.6 cm³/mol. The molecule has 0 aliphatic rings. The Hall–Kier alpha value is -2.37. The van der Waals surface area contributed by atoms with E-state index in [1.54, 1.807) is 14.0 Å².